The summed E-state index contributed by atoms with van der Waals surface area (Å²) in [6, 6.07) is -0.966. The molecule has 0 aromatic rings. The van der Waals surface area contributed by atoms with E-state index in [-0.39, 0.29) is 11.9 Å². The first-order valence-corrected chi connectivity index (χ1v) is 5.27. The van der Waals surface area contributed by atoms with Crippen LogP contribution in [0.5, 0.6) is 0 Å². The maximum absolute atomic E-state index is 11.8. The van der Waals surface area contributed by atoms with E-state index in [2.05, 4.69) is 5.32 Å². The van der Waals surface area contributed by atoms with E-state index in [0.717, 1.165) is 25.8 Å². The van der Waals surface area contributed by atoms with Crippen molar-refractivity contribution in [2.45, 2.75) is 38.3 Å². The molecular formula is C10H18N2O3. The molecule has 1 unspecified atom stereocenters. The van der Waals surface area contributed by atoms with Crippen LogP contribution >= 0.6 is 0 Å². The highest BCUT2D eigenvalue weighted by molar-refractivity contribution is 5.86. The Morgan fingerprint density at radius 3 is 2.60 bits per heavy atom. The summed E-state index contributed by atoms with van der Waals surface area (Å²) in [5.74, 6) is -1.09. The Morgan fingerprint density at radius 2 is 2.13 bits per heavy atom. The number of carbonyl (C=O) groups excluding carboxylic acids is 1. The smallest absolute Gasteiger partial charge is 0.326 e. The molecule has 86 valence electrons. The number of carboxylic acids is 1. The van der Waals surface area contributed by atoms with Crippen LogP contribution in [0.4, 0.5) is 0 Å². The first-order chi connectivity index (χ1) is 7.04. The van der Waals surface area contributed by atoms with Gasteiger partial charge in [0, 0.05) is 7.05 Å². The molecule has 0 aromatic heterocycles. The molecule has 0 bridgehead atoms. The predicted octanol–water partition coefficient (Wildman–Crippen LogP) is 0.0600. The van der Waals surface area contributed by atoms with Gasteiger partial charge in [0.1, 0.15) is 6.04 Å². The monoisotopic (exact) mass is 214 g/mol. The minimum absolute atomic E-state index is 0.121. The molecule has 1 amide bonds. The molecule has 1 fully saturated rings. The molecular weight excluding hydrogens is 196 g/mol. The van der Waals surface area contributed by atoms with Crippen molar-refractivity contribution in [2.24, 2.45) is 0 Å². The van der Waals surface area contributed by atoms with Crippen LogP contribution in [0.2, 0.25) is 0 Å². The third-order valence-corrected chi connectivity index (χ3v) is 2.89. The topological polar surface area (TPSA) is 69.6 Å². The highest BCUT2D eigenvalue weighted by Gasteiger charge is 2.28. The van der Waals surface area contributed by atoms with E-state index in [9.17, 15) is 9.59 Å². The van der Waals surface area contributed by atoms with Gasteiger partial charge in [-0.25, -0.2) is 4.79 Å². The SMILES string of the molecule is CC(C(=O)O)N(C)C(=O)[C@@H]1CCCCN1. The van der Waals surface area contributed by atoms with E-state index in [1.165, 1.54) is 18.9 Å². The fraction of sp³-hybridized carbons (Fsp3) is 0.800. The Bertz CT molecular complexity index is 249. The number of nitrogens with one attached hydrogen (secondary N) is 1. The predicted molar refractivity (Wildman–Crippen MR) is 55.5 cm³/mol. The normalized spacial score (nSPS) is 23.2. The molecule has 1 rings (SSSR count). The molecule has 0 radical (unpaired) electrons. The van der Waals surface area contributed by atoms with Crippen LogP contribution in [0.3, 0.4) is 0 Å². The molecule has 0 saturated carbocycles. The van der Waals surface area contributed by atoms with E-state index in [0.29, 0.717) is 0 Å². The number of carboxylic acid groups (broad SMARTS) is 1. The first-order valence-electron chi connectivity index (χ1n) is 5.27. The van der Waals surface area contributed by atoms with Crippen molar-refractivity contribution < 1.29 is 14.7 Å². The molecule has 1 heterocycles. The second-order valence-corrected chi connectivity index (χ2v) is 3.97. The largest absolute Gasteiger partial charge is 0.480 e. The lowest BCUT2D eigenvalue weighted by Gasteiger charge is -2.29. The van der Waals surface area contributed by atoms with E-state index >= 15 is 0 Å². The average Bonchev–Trinajstić information content (AvgIpc) is 2.27. The van der Waals surface area contributed by atoms with Crippen molar-refractivity contribution in [3.05, 3.63) is 0 Å². The summed E-state index contributed by atoms with van der Waals surface area (Å²) in [4.78, 5) is 23.9. The molecule has 2 atom stereocenters. The zero-order valence-corrected chi connectivity index (χ0v) is 9.19. The maximum Gasteiger partial charge on any atom is 0.326 e. The van der Waals surface area contributed by atoms with Crippen molar-refractivity contribution in [2.75, 3.05) is 13.6 Å². The third kappa shape index (κ3) is 2.92. The van der Waals surface area contributed by atoms with E-state index < -0.39 is 12.0 Å². The lowest BCUT2D eigenvalue weighted by atomic mass is 10.0. The van der Waals surface area contributed by atoms with Gasteiger partial charge in [-0.3, -0.25) is 4.79 Å². The summed E-state index contributed by atoms with van der Waals surface area (Å²) in [5, 5.41) is 11.9. The third-order valence-electron chi connectivity index (χ3n) is 2.89. The van der Waals surface area contributed by atoms with Gasteiger partial charge in [0.15, 0.2) is 0 Å². The Kier molecular flexibility index (Phi) is 4.08. The molecule has 1 aliphatic rings. The van der Waals surface area contributed by atoms with Gasteiger partial charge in [0.2, 0.25) is 5.91 Å². The standard InChI is InChI=1S/C10H18N2O3/c1-7(10(14)15)12(2)9(13)8-5-3-4-6-11-8/h7-8,11H,3-6H2,1-2H3,(H,14,15)/t7?,8-/m0/s1. The average molecular weight is 214 g/mol. The molecule has 5 nitrogen and oxygen atoms in total. The first kappa shape index (κ1) is 12.0. The van der Waals surface area contributed by atoms with Gasteiger partial charge in [-0.1, -0.05) is 6.42 Å². The van der Waals surface area contributed by atoms with Crippen molar-refractivity contribution in [3.8, 4) is 0 Å². The second-order valence-electron chi connectivity index (χ2n) is 3.97. The number of rotatable bonds is 3. The second kappa shape index (κ2) is 5.11. The van der Waals surface area contributed by atoms with Crippen molar-refractivity contribution in [3.63, 3.8) is 0 Å². The number of likely N-dealkylation sites (N-methyl/N-ethyl adjacent to an activating group) is 1. The number of hydrogen-bond acceptors (Lipinski definition) is 3. The zero-order valence-electron chi connectivity index (χ0n) is 9.19. The molecule has 1 aliphatic heterocycles. The molecule has 0 aliphatic carbocycles. The molecule has 0 spiro atoms. The molecule has 1 saturated heterocycles. The summed E-state index contributed by atoms with van der Waals surface area (Å²) in [6.07, 6.45) is 2.91. The van der Waals surface area contributed by atoms with E-state index in [4.69, 9.17) is 5.11 Å². The fourth-order valence-corrected chi connectivity index (χ4v) is 1.66. The number of aliphatic carboxylic acids is 1. The molecule has 15 heavy (non-hydrogen) atoms. The van der Waals surface area contributed by atoms with Gasteiger partial charge in [-0.2, -0.15) is 0 Å². The quantitative estimate of drug-likeness (QED) is 0.697. The summed E-state index contributed by atoms with van der Waals surface area (Å²) in [6.45, 7) is 2.36. The molecule has 0 aromatic carbocycles. The lowest BCUT2D eigenvalue weighted by molar-refractivity contribution is -0.149. The minimum Gasteiger partial charge on any atom is -0.480 e. The maximum atomic E-state index is 11.8. The Hall–Kier alpha value is -1.10. The Morgan fingerprint density at radius 1 is 1.47 bits per heavy atom. The summed E-state index contributed by atoms with van der Waals surface area (Å²) in [5.41, 5.74) is 0. The van der Waals surface area contributed by atoms with E-state index in [1.54, 1.807) is 0 Å². The van der Waals surface area contributed by atoms with E-state index in [1.807, 2.05) is 0 Å². The van der Waals surface area contributed by atoms with Crippen LogP contribution in [0, 0.1) is 0 Å². The van der Waals surface area contributed by atoms with Crippen LogP contribution in [0.1, 0.15) is 26.2 Å². The van der Waals surface area contributed by atoms with Gasteiger partial charge in [-0.05, 0) is 26.3 Å². The summed E-state index contributed by atoms with van der Waals surface area (Å²) in [7, 11) is 1.54. The number of nitrogens with zero attached hydrogens (tertiary/aromatic N) is 1. The van der Waals surface area contributed by atoms with Crippen LogP contribution in [-0.4, -0.2) is 47.6 Å². The Balaban J connectivity index is 2.54. The van der Waals surface area contributed by atoms with Crippen LogP contribution in [0.15, 0.2) is 0 Å². The van der Waals surface area contributed by atoms with Gasteiger partial charge in [0.25, 0.3) is 0 Å². The Labute approximate surface area is 89.4 Å². The van der Waals surface area contributed by atoms with Gasteiger partial charge in [-0.15, -0.1) is 0 Å². The highest BCUT2D eigenvalue weighted by atomic mass is 16.4. The van der Waals surface area contributed by atoms with Gasteiger partial charge < -0.3 is 15.3 Å². The summed E-state index contributed by atoms with van der Waals surface area (Å²) < 4.78 is 0. The number of amides is 1. The fourth-order valence-electron chi connectivity index (χ4n) is 1.66. The van der Waals surface area contributed by atoms with Crippen LogP contribution < -0.4 is 5.32 Å². The summed E-state index contributed by atoms with van der Waals surface area (Å²) >= 11 is 0. The van der Waals surface area contributed by atoms with Crippen molar-refractivity contribution in [1.29, 1.82) is 0 Å². The lowest BCUT2D eigenvalue weighted by Crippen LogP contribution is -2.51. The zero-order chi connectivity index (χ0) is 11.4. The van der Waals surface area contributed by atoms with Crippen LogP contribution in [-0.2, 0) is 9.59 Å². The van der Waals surface area contributed by atoms with Crippen molar-refractivity contribution >= 4 is 11.9 Å². The van der Waals surface area contributed by atoms with Gasteiger partial charge in [0.05, 0.1) is 6.04 Å². The minimum atomic E-state index is -0.971. The number of carbonyl (C=O) groups is 2. The molecule has 5 heteroatoms. The number of hydrogen-bond donors (Lipinski definition) is 2. The number of piperidine rings is 1. The van der Waals surface area contributed by atoms with Gasteiger partial charge >= 0.3 is 5.97 Å². The van der Waals surface area contributed by atoms with Crippen LogP contribution in [0.25, 0.3) is 0 Å². The molecule has 2 N–H and O–H groups in total. The van der Waals surface area contributed by atoms with Crippen molar-refractivity contribution in [1.82, 2.24) is 10.2 Å². The highest BCUT2D eigenvalue weighted by Crippen LogP contribution is 2.10.